The number of fused-ring (bicyclic) bond motifs is 1. The molecule has 0 aromatic carbocycles. The number of pyridine rings is 1. The molecule has 2 rings (SSSR count). The summed E-state index contributed by atoms with van der Waals surface area (Å²) >= 11 is 1.41. The van der Waals surface area contributed by atoms with Gasteiger partial charge in [0.15, 0.2) is 10.8 Å². The molecule has 2 heterocycles. The van der Waals surface area contributed by atoms with Gasteiger partial charge in [-0.2, -0.15) is 0 Å². The van der Waals surface area contributed by atoms with Crippen molar-refractivity contribution in [1.29, 1.82) is 0 Å². The minimum atomic E-state index is -3.50. The summed E-state index contributed by atoms with van der Waals surface area (Å²) in [6, 6.07) is 3.20. The van der Waals surface area contributed by atoms with Crippen molar-refractivity contribution < 1.29 is 8.42 Å². The predicted octanol–water partition coefficient (Wildman–Crippen LogP) is 0.702. The number of thioether (sulfide) groups is 1. The van der Waals surface area contributed by atoms with Crippen LogP contribution in [0.4, 0.5) is 0 Å². The molecule has 2 aromatic heterocycles. The molecule has 0 aliphatic rings. The molecule has 0 radical (unpaired) electrons. The molecule has 2 aromatic rings. The Bertz CT molecular complexity index is 648. The van der Waals surface area contributed by atoms with Crippen molar-refractivity contribution >= 4 is 27.4 Å². The largest absolute Gasteiger partial charge is 0.276 e. The zero-order chi connectivity index (χ0) is 12.6. The van der Waals surface area contributed by atoms with Gasteiger partial charge < -0.3 is 0 Å². The normalized spacial score (nSPS) is 12.5. The first kappa shape index (κ1) is 12.3. The van der Waals surface area contributed by atoms with Crippen molar-refractivity contribution in [3.05, 3.63) is 18.3 Å². The third kappa shape index (κ3) is 1.92. The van der Waals surface area contributed by atoms with Crippen LogP contribution in [0.15, 0.2) is 28.4 Å². The molecule has 0 spiro atoms. The van der Waals surface area contributed by atoms with E-state index in [4.69, 9.17) is 0 Å². The topological polar surface area (TPSA) is 67.6 Å². The van der Waals surface area contributed by atoms with Crippen molar-refractivity contribution in [2.24, 2.45) is 0 Å². The lowest BCUT2D eigenvalue weighted by molar-refractivity contribution is 0.521. The Morgan fingerprint density at radius 2 is 2.06 bits per heavy atom. The Hall–Kier alpha value is -1.12. The number of sulfonamides is 1. The number of hydrogen-bond donors (Lipinski definition) is 0. The third-order valence-corrected chi connectivity index (χ3v) is 4.79. The maximum absolute atomic E-state index is 12.1. The first-order chi connectivity index (χ1) is 7.98. The van der Waals surface area contributed by atoms with Crippen LogP contribution >= 0.6 is 11.8 Å². The third-order valence-electron chi connectivity index (χ3n) is 2.31. The van der Waals surface area contributed by atoms with E-state index in [1.54, 1.807) is 16.7 Å². The second kappa shape index (κ2) is 4.28. The Morgan fingerprint density at radius 3 is 2.65 bits per heavy atom. The van der Waals surface area contributed by atoms with Gasteiger partial charge in [0, 0.05) is 20.3 Å². The van der Waals surface area contributed by atoms with Crippen LogP contribution < -0.4 is 0 Å². The second-order valence-electron chi connectivity index (χ2n) is 3.54. The fourth-order valence-corrected chi connectivity index (χ4v) is 2.89. The van der Waals surface area contributed by atoms with E-state index in [1.807, 2.05) is 6.26 Å². The van der Waals surface area contributed by atoms with E-state index in [2.05, 4.69) is 10.2 Å². The summed E-state index contributed by atoms with van der Waals surface area (Å²) < 4.78 is 27.0. The Balaban J connectivity index is 2.76. The maximum atomic E-state index is 12.1. The SMILES string of the molecule is CSc1nnc2c(S(=O)(=O)N(C)C)cccn12. The Morgan fingerprint density at radius 1 is 1.35 bits per heavy atom. The molecule has 0 saturated heterocycles. The first-order valence-electron chi connectivity index (χ1n) is 4.78. The molecule has 92 valence electrons. The van der Waals surface area contributed by atoms with Crippen LogP contribution in [-0.4, -0.2) is 47.7 Å². The molecule has 0 unspecified atom stereocenters. The second-order valence-corrected chi connectivity index (χ2v) is 6.43. The molecule has 0 N–H and O–H groups in total. The van der Waals surface area contributed by atoms with Crippen molar-refractivity contribution in [2.45, 2.75) is 10.1 Å². The van der Waals surface area contributed by atoms with Gasteiger partial charge in [0.2, 0.25) is 10.0 Å². The summed E-state index contributed by atoms with van der Waals surface area (Å²) in [5.74, 6) is 0. The van der Waals surface area contributed by atoms with E-state index in [0.717, 1.165) is 4.31 Å². The van der Waals surface area contributed by atoms with Crippen LogP contribution in [0.3, 0.4) is 0 Å². The van der Waals surface area contributed by atoms with Crippen LogP contribution in [0.2, 0.25) is 0 Å². The maximum Gasteiger partial charge on any atom is 0.246 e. The highest BCUT2D eigenvalue weighted by atomic mass is 32.2. The minimum Gasteiger partial charge on any atom is -0.276 e. The summed E-state index contributed by atoms with van der Waals surface area (Å²) in [5.41, 5.74) is 0.352. The summed E-state index contributed by atoms with van der Waals surface area (Å²) in [6.45, 7) is 0. The van der Waals surface area contributed by atoms with Gasteiger partial charge in [-0.1, -0.05) is 11.8 Å². The van der Waals surface area contributed by atoms with Crippen LogP contribution in [-0.2, 0) is 10.0 Å². The molecule has 17 heavy (non-hydrogen) atoms. The van der Waals surface area contributed by atoms with E-state index in [9.17, 15) is 8.42 Å². The predicted molar refractivity (Wildman–Crippen MR) is 65.6 cm³/mol. The van der Waals surface area contributed by atoms with E-state index >= 15 is 0 Å². The van der Waals surface area contributed by atoms with Crippen molar-refractivity contribution in [1.82, 2.24) is 18.9 Å². The quantitative estimate of drug-likeness (QED) is 0.769. The molecule has 0 amide bonds. The summed E-state index contributed by atoms with van der Waals surface area (Å²) in [4.78, 5) is 0.165. The van der Waals surface area contributed by atoms with Gasteiger partial charge in [0.1, 0.15) is 4.90 Å². The van der Waals surface area contributed by atoms with Crippen LogP contribution in [0, 0.1) is 0 Å². The lowest BCUT2D eigenvalue weighted by atomic mass is 10.5. The molecule has 0 saturated carbocycles. The van der Waals surface area contributed by atoms with Crippen LogP contribution in [0.5, 0.6) is 0 Å². The zero-order valence-corrected chi connectivity index (χ0v) is 11.3. The van der Waals surface area contributed by atoms with E-state index in [1.165, 1.54) is 31.9 Å². The standard InChI is InChI=1S/C9H12N4O2S2/c1-12(2)17(14,15)7-5-4-6-13-8(7)10-11-9(13)16-3/h4-6H,1-3H3. The van der Waals surface area contributed by atoms with E-state index < -0.39 is 10.0 Å². The van der Waals surface area contributed by atoms with Gasteiger partial charge in [-0.3, -0.25) is 4.40 Å². The average Bonchev–Trinajstić information content (AvgIpc) is 2.71. The summed E-state index contributed by atoms with van der Waals surface area (Å²) in [6.07, 6.45) is 3.61. The van der Waals surface area contributed by atoms with Gasteiger partial charge >= 0.3 is 0 Å². The highest BCUT2D eigenvalue weighted by molar-refractivity contribution is 7.98. The molecule has 6 nitrogen and oxygen atoms in total. The fraction of sp³-hybridized carbons (Fsp3) is 0.333. The van der Waals surface area contributed by atoms with Gasteiger partial charge in [0.05, 0.1) is 0 Å². The van der Waals surface area contributed by atoms with Gasteiger partial charge in [-0.15, -0.1) is 10.2 Å². The number of nitrogens with zero attached hydrogens (tertiary/aromatic N) is 4. The molecule has 8 heteroatoms. The average molecular weight is 272 g/mol. The number of hydrogen-bond acceptors (Lipinski definition) is 5. The highest BCUT2D eigenvalue weighted by Gasteiger charge is 2.22. The fourth-order valence-electron chi connectivity index (χ4n) is 1.41. The van der Waals surface area contributed by atoms with E-state index in [-0.39, 0.29) is 4.90 Å². The molecular formula is C9H12N4O2S2. The number of rotatable bonds is 3. The molecule has 0 aliphatic heterocycles. The Labute approximate surface area is 104 Å². The molecule has 0 aliphatic carbocycles. The van der Waals surface area contributed by atoms with Crippen LogP contribution in [0.25, 0.3) is 5.65 Å². The Kier molecular flexibility index (Phi) is 3.11. The van der Waals surface area contributed by atoms with Crippen molar-refractivity contribution in [3.63, 3.8) is 0 Å². The molecule has 0 bridgehead atoms. The van der Waals surface area contributed by atoms with Crippen LogP contribution in [0.1, 0.15) is 0 Å². The monoisotopic (exact) mass is 272 g/mol. The highest BCUT2D eigenvalue weighted by Crippen LogP contribution is 2.21. The van der Waals surface area contributed by atoms with Crippen molar-refractivity contribution in [3.8, 4) is 0 Å². The first-order valence-corrected chi connectivity index (χ1v) is 7.45. The van der Waals surface area contributed by atoms with Gasteiger partial charge in [0.25, 0.3) is 0 Å². The lowest BCUT2D eigenvalue weighted by Gasteiger charge is -2.11. The molecular weight excluding hydrogens is 260 g/mol. The smallest absolute Gasteiger partial charge is 0.246 e. The van der Waals surface area contributed by atoms with Gasteiger partial charge in [-0.05, 0) is 18.4 Å². The summed E-state index contributed by atoms with van der Waals surface area (Å²) in [5, 5.41) is 8.53. The minimum absolute atomic E-state index is 0.165. The molecule has 0 atom stereocenters. The van der Waals surface area contributed by atoms with E-state index in [0.29, 0.717) is 10.8 Å². The number of aromatic nitrogens is 3. The lowest BCUT2D eigenvalue weighted by Crippen LogP contribution is -2.22. The van der Waals surface area contributed by atoms with Gasteiger partial charge in [-0.25, -0.2) is 12.7 Å². The van der Waals surface area contributed by atoms with Crippen molar-refractivity contribution in [2.75, 3.05) is 20.4 Å². The molecule has 0 fully saturated rings. The zero-order valence-electron chi connectivity index (χ0n) is 9.65. The summed E-state index contributed by atoms with van der Waals surface area (Å²) in [7, 11) is -0.516.